The molecule has 0 saturated carbocycles. The molecule has 0 radical (unpaired) electrons. The van der Waals surface area contributed by atoms with E-state index in [1.54, 1.807) is 12.1 Å². The van der Waals surface area contributed by atoms with E-state index in [1.165, 1.54) is 51.1 Å². The summed E-state index contributed by atoms with van der Waals surface area (Å²) in [5.74, 6) is 0.200. The summed E-state index contributed by atoms with van der Waals surface area (Å²) in [5.41, 5.74) is 11.8. The minimum absolute atomic E-state index is 0.0104. The number of benzene rings is 4. The smallest absolute Gasteiger partial charge is 0.123 e. The SMILES string of the molecule is CC(C)(C)C1c2ccc(F)cc2CCc2cc(F)ccc21.Cc1ccc2c(c1)CCc1cc(Cl)ccc1C2C(C)(C)C. The maximum absolute atomic E-state index is 13.6. The second kappa shape index (κ2) is 11.6. The monoisotopic (exact) mass is 584 g/mol. The third kappa shape index (κ3) is 6.35. The molecule has 0 N–H and O–H groups in total. The summed E-state index contributed by atoms with van der Waals surface area (Å²) in [6.07, 6.45) is 3.71. The van der Waals surface area contributed by atoms with Crippen LogP contribution in [-0.4, -0.2) is 0 Å². The number of hydrogen-bond acceptors (Lipinski definition) is 0. The Balaban J connectivity index is 0.000000168. The van der Waals surface area contributed by atoms with Crippen molar-refractivity contribution in [3.8, 4) is 0 Å². The Labute approximate surface area is 256 Å². The summed E-state index contributed by atoms with van der Waals surface area (Å²) in [6, 6.07) is 23.5. The van der Waals surface area contributed by atoms with Gasteiger partial charge in [0.2, 0.25) is 0 Å². The average molecular weight is 585 g/mol. The first kappa shape index (κ1) is 30.5. The molecule has 1 atom stereocenters. The van der Waals surface area contributed by atoms with Gasteiger partial charge in [0, 0.05) is 16.9 Å². The van der Waals surface area contributed by atoms with Gasteiger partial charge >= 0.3 is 0 Å². The first-order chi connectivity index (χ1) is 19.7. The van der Waals surface area contributed by atoms with Crippen LogP contribution in [0, 0.1) is 29.4 Å². The average Bonchev–Trinajstić information content (AvgIpc) is 3.16. The first-order valence-electron chi connectivity index (χ1n) is 15.2. The summed E-state index contributed by atoms with van der Waals surface area (Å²) in [7, 11) is 0. The minimum Gasteiger partial charge on any atom is -0.207 e. The van der Waals surface area contributed by atoms with Crippen molar-refractivity contribution in [1.82, 2.24) is 0 Å². The molecule has 0 heterocycles. The Hall–Kier alpha value is -2.97. The van der Waals surface area contributed by atoms with Crippen LogP contribution in [0.5, 0.6) is 0 Å². The van der Waals surface area contributed by atoms with Crippen molar-refractivity contribution in [1.29, 1.82) is 0 Å². The van der Waals surface area contributed by atoms with E-state index < -0.39 is 0 Å². The van der Waals surface area contributed by atoms with Gasteiger partial charge in [-0.1, -0.05) is 95.1 Å². The second-order valence-electron chi connectivity index (χ2n) is 14.3. The zero-order chi connectivity index (χ0) is 30.4. The zero-order valence-corrected chi connectivity index (χ0v) is 26.8. The van der Waals surface area contributed by atoms with Gasteiger partial charge in [0.15, 0.2) is 0 Å². The Kier molecular flexibility index (Phi) is 8.42. The van der Waals surface area contributed by atoms with E-state index >= 15 is 0 Å². The molecule has 2 aliphatic rings. The molecule has 0 spiro atoms. The second-order valence-corrected chi connectivity index (χ2v) is 14.8. The fourth-order valence-electron chi connectivity index (χ4n) is 7.19. The van der Waals surface area contributed by atoms with Crippen LogP contribution in [0.3, 0.4) is 0 Å². The Morgan fingerprint density at radius 1 is 0.524 bits per heavy atom. The minimum atomic E-state index is -0.196. The standard InChI is InChI=1S/C20H23Cl.C19H20F2/c1-13-5-9-17-14(11-13)6-7-15-12-16(21)8-10-18(15)19(17)20(2,3)4;1-19(2,3)18-16-8-6-14(20)10-12(16)4-5-13-11-15(21)7-9-17(13)18/h5,8-12,19H,6-7H2,1-4H3;6-11,18H,4-5H2,1-3H3. The van der Waals surface area contributed by atoms with Crippen LogP contribution >= 0.6 is 11.6 Å². The number of halogens is 3. The Morgan fingerprint density at radius 3 is 1.31 bits per heavy atom. The topological polar surface area (TPSA) is 0 Å². The van der Waals surface area contributed by atoms with Gasteiger partial charge in [0.05, 0.1) is 0 Å². The van der Waals surface area contributed by atoms with Crippen LogP contribution in [0.15, 0.2) is 72.8 Å². The highest BCUT2D eigenvalue weighted by molar-refractivity contribution is 6.30. The van der Waals surface area contributed by atoms with E-state index in [-0.39, 0.29) is 28.4 Å². The van der Waals surface area contributed by atoms with Crippen LogP contribution in [0.4, 0.5) is 8.78 Å². The zero-order valence-electron chi connectivity index (χ0n) is 26.0. The molecule has 4 aromatic rings. The van der Waals surface area contributed by atoms with Crippen molar-refractivity contribution < 1.29 is 8.78 Å². The molecular formula is C39H43ClF2. The molecule has 0 aliphatic heterocycles. The predicted molar refractivity (Wildman–Crippen MR) is 173 cm³/mol. The van der Waals surface area contributed by atoms with Gasteiger partial charge in [-0.15, -0.1) is 0 Å². The fourth-order valence-corrected chi connectivity index (χ4v) is 7.38. The van der Waals surface area contributed by atoms with Crippen molar-refractivity contribution in [3.05, 3.63) is 140 Å². The lowest BCUT2D eigenvalue weighted by atomic mass is 9.71. The molecule has 0 nitrogen and oxygen atoms in total. The Bertz CT molecular complexity index is 1370. The molecule has 3 heteroatoms. The molecule has 0 aromatic heterocycles. The fraction of sp³-hybridized carbons (Fsp3) is 0.385. The van der Waals surface area contributed by atoms with E-state index in [2.05, 4.69) is 78.8 Å². The number of rotatable bonds is 0. The van der Waals surface area contributed by atoms with Gasteiger partial charge < -0.3 is 0 Å². The van der Waals surface area contributed by atoms with Gasteiger partial charge in [0.1, 0.15) is 11.6 Å². The summed E-state index contributed by atoms with van der Waals surface area (Å²) in [5, 5.41) is 0.851. The summed E-state index contributed by atoms with van der Waals surface area (Å²) in [4.78, 5) is 0. The largest absolute Gasteiger partial charge is 0.207 e. The van der Waals surface area contributed by atoms with Crippen LogP contribution in [-0.2, 0) is 25.7 Å². The molecule has 6 rings (SSSR count). The maximum Gasteiger partial charge on any atom is 0.123 e. The molecule has 0 bridgehead atoms. The van der Waals surface area contributed by atoms with Crippen molar-refractivity contribution in [3.63, 3.8) is 0 Å². The summed E-state index contributed by atoms with van der Waals surface area (Å²) < 4.78 is 27.2. The van der Waals surface area contributed by atoms with E-state index in [4.69, 9.17) is 11.6 Å². The molecule has 0 amide bonds. The van der Waals surface area contributed by atoms with Gasteiger partial charge in [-0.2, -0.15) is 0 Å². The highest BCUT2D eigenvalue weighted by Gasteiger charge is 2.34. The van der Waals surface area contributed by atoms with Crippen molar-refractivity contribution in [2.24, 2.45) is 10.8 Å². The van der Waals surface area contributed by atoms with Crippen LogP contribution in [0.2, 0.25) is 5.02 Å². The molecule has 2 aliphatic carbocycles. The number of hydrogen-bond donors (Lipinski definition) is 0. The van der Waals surface area contributed by atoms with Gasteiger partial charge in [-0.25, -0.2) is 8.78 Å². The third-order valence-electron chi connectivity index (χ3n) is 8.92. The van der Waals surface area contributed by atoms with Gasteiger partial charge in [0.25, 0.3) is 0 Å². The number of fused-ring (bicyclic) bond motifs is 4. The normalized spacial score (nSPS) is 16.6. The third-order valence-corrected chi connectivity index (χ3v) is 9.15. The lowest BCUT2D eigenvalue weighted by Crippen LogP contribution is -2.21. The van der Waals surface area contributed by atoms with E-state index in [0.29, 0.717) is 5.92 Å². The molecule has 1 unspecified atom stereocenters. The Morgan fingerprint density at radius 2 is 0.881 bits per heavy atom. The van der Waals surface area contributed by atoms with Crippen molar-refractivity contribution >= 4 is 11.6 Å². The molecule has 42 heavy (non-hydrogen) atoms. The lowest BCUT2D eigenvalue weighted by molar-refractivity contribution is 0.357. The molecule has 0 saturated heterocycles. The van der Waals surface area contributed by atoms with Crippen LogP contribution in [0.25, 0.3) is 0 Å². The van der Waals surface area contributed by atoms with E-state index in [9.17, 15) is 8.78 Å². The molecule has 4 aromatic carbocycles. The van der Waals surface area contributed by atoms with E-state index in [1.807, 2.05) is 18.2 Å². The summed E-state index contributed by atoms with van der Waals surface area (Å²) in [6.45, 7) is 15.7. The molecule has 220 valence electrons. The quantitative estimate of drug-likeness (QED) is 0.193. The lowest BCUT2D eigenvalue weighted by Gasteiger charge is -2.33. The summed E-state index contributed by atoms with van der Waals surface area (Å²) >= 11 is 6.23. The van der Waals surface area contributed by atoms with Crippen molar-refractivity contribution in [2.45, 2.75) is 86.0 Å². The van der Waals surface area contributed by atoms with Crippen LogP contribution < -0.4 is 0 Å². The molecular weight excluding hydrogens is 542 g/mol. The first-order valence-corrected chi connectivity index (χ1v) is 15.5. The highest BCUT2D eigenvalue weighted by Crippen LogP contribution is 2.47. The number of aryl methyl sites for hydroxylation is 5. The molecule has 0 fully saturated rings. The maximum atomic E-state index is 13.6. The van der Waals surface area contributed by atoms with Crippen molar-refractivity contribution in [2.75, 3.05) is 0 Å². The van der Waals surface area contributed by atoms with Crippen LogP contribution in [0.1, 0.15) is 103 Å². The van der Waals surface area contributed by atoms with E-state index in [0.717, 1.165) is 41.8 Å². The van der Waals surface area contributed by atoms with Gasteiger partial charge in [-0.05, 0) is 124 Å². The van der Waals surface area contributed by atoms with Gasteiger partial charge in [-0.3, -0.25) is 0 Å². The predicted octanol–water partition coefficient (Wildman–Crippen LogP) is 11.2. The highest BCUT2D eigenvalue weighted by atomic mass is 35.5.